The molecule has 7 heteroatoms. The molecule has 0 radical (unpaired) electrons. The van der Waals surface area contributed by atoms with E-state index in [1.165, 1.54) is 12.0 Å². The van der Waals surface area contributed by atoms with Crippen LogP contribution in [0.5, 0.6) is 0 Å². The number of rotatable bonds is 6. The normalized spacial score (nSPS) is 29.9. The van der Waals surface area contributed by atoms with Crippen molar-refractivity contribution in [1.82, 2.24) is 10.2 Å². The van der Waals surface area contributed by atoms with E-state index in [0.717, 1.165) is 11.1 Å². The lowest BCUT2D eigenvalue weighted by Crippen LogP contribution is -2.56. The molecule has 4 atom stereocenters. The third-order valence-electron chi connectivity index (χ3n) is 5.84. The van der Waals surface area contributed by atoms with Gasteiger partial charge in [-0.25, -0.2) is 0 Å². The fraction of sp³-hybridized carbons (Fsp3) is 0.550. The molecule has 1 aromatic carbocycles. The summed E-state index contributed by atoms with van der Waals surface area (Å²) in [6.07, 6.45) is 2.39. The SMILES string of the molecule is CCN1C(=O)[C@H]2[C@@H](C1=O)[C@](CCSC)(C(=O)OC)N[C@H]2c1ccccc1C. The van der Waals surface area contributed by atoms with E-state index in [4.69, 9.17) is 4.74 Å². The molecule has 0 bridgehead atoms. The highest BCUT2D eigenvalue weighted by molar-refractivity contribution is 7.98. The maximum atomic E-state index is 13.1. The van der Waals surface area contributed by atoms with Gasteiger partial charge in [-0.3, -0.25) is 24.6 Å². The number of nitrogens with zero attached hydrogens (tertiary/aromatic N) is 1. The standard InChI is InChI=1S/C20H26N2O4S/c1-5-22-17(23)14-15(18(22)24)20(10-11-27-4,19(25)26-3)21-16(14)13-9-7-6-8-12(13)2/h6-9,14-16,21H,5,10-11H2,1-4H3/t14-,15-,16-,20+/m0/s1. The number of benzene rings is 1. The van der Waals surface area contributed by atoms with Crippen molar-refractivity contribution in [2.45, 2.75) is 31.8 Å². The van der Waals surface area contributed by atoms with Gasteiger partial charge in [0, 0.05) is 12.6 Å². The predicted octanol–water partition coefficient (Wildman–Crippen LogP) is 1.93. The van der Waals surface area contributed by atoms with E-state index in [1.54, 1.807) is 18.7 Å². The van der Waals surface area contributed by atoms with Crippen LogP contribution in [0.3, 0.4) is 0 Å². The van der Waals surface area contributed by atoms with Crippen LogP contribution in [0.15, 0.2) is 24.3 Å². The van der Waals surface area contributed by atoms with E-state index >= 15 is 0 Å². The second-order valence-electron chi connectivity index (χ2n) is 7.11. The summed E-state index contributed by atoms with van der Waals surface area (Å²) >= 11 is 1.60. The van der Waals surface area contributed by atoms with Crippen molar-refractivity contribution in [1.29, 1.82) is 0 Å². The Kier molecular flexibility index (Phi) is 5.63. The Morgan fingerprint density at radius 1 is 1.30 bits per heavy atom. The monoisotopic (exact) mass is 390 g/mol. The minimum Gasteiger partial charge on any atom is -0.468 e. The molecule has 3 rings (SSSR count). The van der Waals surface area contributed by atoms with Gasteiger partial charge in [0.25, 0.3) is 0 Å². The summed E-state index contributed by atoms with van der Waals surface area (Å²) in [5, 5.41) is 3.40. The molecule has 2 saturated heterocycles. The van der Waals surface area contributed by atoms with Crippen LogP contribution in [0.1, 0.15) is 30.5 Å². The summed E-state index contributed by atoms with van der Waals surface area (Å²) in [6, 6.07) is 7.39. The molecule has 2 aliphatic rings. The smallest absolute Gasteiger partial charge is 0.326 e. The molecule has 27 heavy (non-hydrogen) atoms. The summed E-state index contributed by atoms with van der Waals surface area (Å²) in [5.74, 6) is -1.61. The van der Waals surface area contributed by atoms with Crippen LogP contribution >= 0.6 is 11.8 Å². The third-order valence-corrected chi connectivity index (χ3v) is 6.45. The first-order chi connectivity index (χ1) is 12.9. The average molecular weight is 391 g/mol. The van der Waals surface area contributed by atoms with Crippen LogP contribution < -0.4 is 5.32 Å². The Labute approximate surface area is 164 Å². The summed E-state index contributed by atoms with van der Waals surface area (Å²) in [4.78, 5) is 40.5. The van der Waals surface area contributed by atoms with Crippen molar-refractivity contribution < 1.29 is 19.1 Å². The predicted molar refractivity (Wildman–Crippen MR) is 104 cm³/mol. The second kappa shape index (κ2) is 7.64. The lowest BCUT2D eigenvalue weighted by molar-refractivity contribution is -0.154. The van der Waals surface area contributed by atoms with E-state index in [1.807, 2.05) is 37.4 Å². The molecule has 2 heterocycles. The molecule has 1 N–H and O–H groups in total. The number of ether oxygens (including phenoxy) is 1. The number of thioether (sulfide) groups is 1. The Bertz CT molecular complexity index is 768. The molecular formula is C20H26N2O4S. The number of likely N-dealkylation sites (tertiary alicyclic amines) is 1. The van der Waals surface area contributed by atoms with Crippen molar-refractivity contribution in [3.8, 4) is 0 Å². The van der Waals surface area contributed by atoms with Crippen molar-refractivity contribution >= 4 is 29.5 Å². The van der Waals surface area contributed by atoms with Crippen molar-refractivity contribution in [2.24, 2.45) is 11.8 Å². The van der Waals surface area contributed by atoms with Crippen LogP contribution in [0.2, 0.25) is 0 Å². The number of nitrogens with one attached hydrogen (secondary N) is 1. The molecule has 6 nitrogen and oxygen atoms in total. The second-order valence-corrected chi connectivity index (χ2v) is 8.09. The number of carbonyl (C=O) groups is 3. The van der Waals surface area contributed by atoms with Crippen molar-refractivity contribution in [2.75, 3.05) is 25.7 Å². The summed E-state index contributed by atoms with van der Waals surface area (Å²) in [5.41, 5.74) is 0.780. The molecule has 0 unspecified atom stereocenters. The lowest BCUT2D eigenvalue weighted by atomic mass is 9.77. The van der Waals surface area contributed by atoms with E-state index < -0.39 is 29.4 Å². The van der Waals surface area contributed by atoms with E-state index in [2.05, 4.69) is 5.32 Å². The van der Waals surface area contributed by atoms with E-state index in [0.29, 0.717) is 18.7 Å². The number of hydrogen-bond acceptors (Lipinski definition) is 6. The minimum absolute atomic E-state index is 0.205. The lowest BCUT2D eigenvalue weighted by Gasteiger charge is -2.32. The zero-order valence-electron chi connectivity index (χ0n) is 16.2. The van der Waals surface area contributed by atoms with Gasteiger partial charge in [0.1, 0.15) is 5.54 Å². The molecule has 0 spiro atoms. The van der Waals surface area contributed by atoms with Crippen molar-refractivity contribution in [3.05, 3.63) is 35.4 Å². The Morgan fingerprint density at radius 3 is 2.59 bits per heavy atom. The maximum absolute atomic E-state index is 13.1. The number of esters is 1. The summed E-state index contributed by atoms with van der Waals surface area (Å²) < 4.78 is 5.12. The zero-order valence-corrected chi connectivity index (χ0v) is 17.0. The van der Waals surface area contributed by atoms with Crippen LogP contribution in [0.4, 0.5) is 0 Å². The first-order valence-corrected chi connectivity index (χ1v) is 10.6. The van der Waals surface area contributed by atoms with Crippen LogP contribution in [-0.4, -0.2) is 53.9 Å². The van der Waals surface area contributed by atoms with Gasteiger partial charge in [0.2, 0.25) is 11.8 Å². The fourth-order valence-electron chi connectivity index (χ4n) is 4.54. The number of carbonyl (C=O) groups excluding carboxylic acids is 3. The first-order valence-electron chi connectivity index (χ1n) is 9.18. The highest BCUT2D eigenvalue weighted by Gasteiger charge is 2.68. The highest BCUT2D eigenvalue weighted by atomic mass is 32.2. The molecule has 2 aliphatic heterocycles. The Hall–Kier alpha value is -1.86. The molecule has 0 aliphatic carbocycles. The molecule has 2 fully saturated rings. The Morgan fingerprint density at radius 2 is 2.00 bits per heavy atom. The van der Waals surface area contributed by atoms with Crippen molar-refractivity contribution in [3.63, 3.8) is 0 Å². The van der Waals surface area contributed by atoms with Gasteiger partial charge in [-0.1, -0.05) is 24.3 Å². The van der Waals surface area contributed by atoms with Crippen LogP contribution in [-0.2, 0) is 19.1 Å². The van der Waals surface area contributed by atoms with Gasteiger partial charge in [-0.2, -0.15) is 11.8 Å². The first kappa shape index (κ1) is 19.9. The maximum Gasteiger partial charge on any atom is 0.326 e. The third kappa shape index (κ3) is 2.97. The highest BCUT2D eigenvalue weighted by Crippen LogP contribution is 2.51. The number of amides is 2. The number of methoxy groups -OCH3 is 1. The molecule has 0 aromatic heterocycles. The van der Waals surface area contributed by atoms with Gasteiger partial charge in [-0.05, 0) is 43.4 Å². The van der Waals surface area contributed by atoms with Gasteiger partial charge >= 0.3 is 5.97 Å². The topological polar surface area (TPSA) is 75.7 Å². The van der Waals surface area contributed by atoms with Crippen LogP contribution in [0, 0.1) is 18.8 Å². The zero-order chi connectivity index (χ0) is 19.8. The number of fused-ring (bicyclic) bond motifs is 1. The minimum atomic E-state index is -1.19. The molecule has 0 saturated carbocycles. The van der Waals surface area contributed by atoms with E-state index in [-0.39, 0.29) is 11.8 Å². The number of hydrogen-bond donors (Lipinski definition) is 1. The Balaban J connectivity index is 2.16. The number of aryl methyl sites for hydroxylation is 1. The van der Waals surface area contributed by atoms with Crippen LogP contribution in [0.25, 0.3) is 0 Å². The molecule has 2 amide bonds. The fourth-order valence-corrected chi connectivity index (χ4v) is 5.07. The van der Waals surface area contributed by atoms with Gasteiger partial charge < -0.3 is 4.74 Å². The molecule has 146 valence electrons. The largest absolute Gasteiger partial charge is 0.468 e. The van der Waals surface area contributed by atoms with Gasteiger partial charge in [-0.15, -0.1) is 0 Å². The van der Waals surface area contributed by atoms with E-state index in [9.17, 15) is 14.4 Å². The summed E-state index contributed by atoms with van der Waals surface area (Å²) in [7, 11) is 1.33. The molecule has 1 aromatic rings. The van der Waals surface area contributed by atoms with Gasteiger partial charge in [0.05, 0.1) is 18.9 Å². The molecular weight excluding hydrogens is 364 g/mol. The number of imide groups is 1. The quantitative estimate of drug-likeness (QED) is 0.591. The average Bonchev–Trinajstić information content (AvgIpc) is 3.14. The summed E-state index contributed by atoms with van der Waals surface area (Å²) in [6.45, 7) is 4.07. The van der Waals surface area contributed by atoms with Gasteiger partial charge in [0.15, 0.2) is 0 Å².